The second-order valence-electron chi connectivity index (χ2n) is 8.22. The summed E-state index contributed by atoms with van der Waals surface area (Å²) in [5.74, 6) is -5.05. The second-order valence-corrected chi connectivity index (χ2v) is 8.22. The highest BCUT2D eigenvalue weighted by molar-refractivity contribution is 5.95. The molecule has 1 aliphatic carbocycles. The molecule has 0 unspecified atom stereocenters. The van der Waals surface area contributed by atoms with Crippen LogP contribution >= 0.6 is 0 Å². The number of ether oxygens (including phenoxy) is 1. The third-order valence-corrected chi connectivity index (χ3v) is 6.18. The number of rotatable bonds is 4. The lowest BCUT2D eigenvalue weighted by Gasteiger charge is -2.35. The molecule has 33 heavy (non-hydrogen) atoms. The molecule has 3 atom stereocenters. The standard InChI is InChI=1S/C23H22F4N2O4/c24-16-11-13(23(25,26)27)5-7-17(16)29-21(30)15-3-1-2-14(20(15)22(31)32)12-4-6-18-19(10-12)33-9-8-28-18/h4-7,10-11,14-15,20,28H,1-3,8-9H2,(H,29,30)(H,31,32)/t14-,15-,20-/m1/s1. The Morgan fingerprint density at radius 1 is 1.12 bits per heavy atom. The van der Waals surface area contributed by atoms with E-state index in [0.717, 1.165) is 17.3 Å². The van der Waals surface area contributed by atoms with Crippen molar-refractivity contribution < 1.29 is 37.0 Å². The Labute approximate surface area is 186 Å². The van der Waals surface area contributed by atoms with Gasteiger partial charge in [-0.05, 0) is 54.7 Å². The summed E-state index contributed by atoms with van der Waals surface area (Å²) in [6, 6.07) is 7.19. The molecule has 0 spiro atoms. The van der Waals surface area contributed by atoms with Gasteiger partial charge in [-0.25, -0.2) is 4.39 Å². The van der Waals surface area contributed by atoms with Crippen LogP contribution in [0.5, 0.6) is 5.75 Å². The summed E-state index contributed by atoms with van der Waals surface area (Å²) >= 11 is 0. The maximum atomic E-state index is 14.2. The molecule has 10 heteroatoms. The first-order valence-corrected chi connectivity index (χ1v) is 10.6. The molecular weight excluding hydrogens is 444 g/mol. The van der Waals surface area contributed by atoms with Crippen molar-refractivity contribution in [2.24, 2.45) is 11.8 Å². The molecule has 0 aromatic heterocycles. The monoisotopic (exact) mass is 466 g/mol. The molecular formula is C23H22F4N2O4. The predicted octanol–water partition coefficient (Wildman–Crippen LogP) is 4.87. The van der Waals surface area contributed by atoms with Crippen molar-refractivity contribution in [2.45, 2.75) is 31.4 Å². The Morgan fingerprint density at radius 2 is 1.91 bits per heavy atom. The first-order valence-electron chi connectivity index (χ1n) is 10.6. The van der Waals surface area contributed by atoms with Crippen LogP contribution in [0, 0.1) is 17.7 Å². The second kappa shape index (κ2) is 8.92. The van der Waals surface area contributed by atoms with E-state index in [-0.39, 0.29) is 6.42 Å². The van der Waals surface area contributed by atoms with Crippen molar-refractivity contribution in [3.63, 3.8) is 0 Å². The minimum atomic E-state index is -4.72. The van der Waals surface area contributed by atoms with Gasteiger partial charge in [-0.3, -0.25) is 9.59 Å². The summed E-state index contributed by atoms with van der Waals surface area (Å²) in [6.07, 6.45) is -3.34. The van der Waals surface area contributed by atoms with E-state index in [4.69, 9.17) is 4.74 Å². The van der Waals surface area contributed by atoms with Crippen molar-refractivity contribution >= 4 is 23.3 Å². The fourth-order valence-electron chi connectivity index (χ4n) is 4.61. The van der Waals surface area contributed by atoms with E-state index < -0.39 is 52.9 Å². The summed E-state index contributed by atoms with van der Waals surface area (Å²) in [7, 11) is 0. The highest BCUT2D eigenvalue weighted by atomic mass is 19.4. The van der Waals surface area contributed by atoms with Gasteiger partial charge in [0.1, 0.15) is 18.2 Å². The molecule has 2 aromatic carbocycles. The Kier molecular flexibility index (Phi) is 6.18. The molecule has 0 bridgehead atoms. The lowest BCUT2D eigenvalue weighted by Crippen LogP contribution is -2.40. The van der Waals surface area contributed by atoms with E-state index in [1.807, 2.05) is 6.07 Å². The van der Waals surface area contributed by atoms with Gasteiger partial charge in [0.15, 0.2) is 0 Å². The molecule has 1 saturated carbocycles. The Bertz CT molecular complexity index is 1070. The molecule has 4 rings (SSSR count). The number of alkyl halides is 3. The topological polar surface area (TPSA) is 87.7 Å². The van der Waals surface area contributed by atoms with E-state index in [9.17, 15) is 32.3 Å². The highest BCUT2D eigenvalue weighted by Crippen LogP contribution is 2.44. The van der Waals surface area contributed by atoms with Gasteiger partial charge in [0, 0.05) is 6.54 Å². The number of amides is 1. The zero-order valence-corrected chi connectivity index (χ0v) is 17.4. The third kappa shape index (κ3) is 4.74. The van der Waals surface area contributed by atoms with E-state index in [1.54, 1.807) is 12.1 Å². The van der Waals surface area contributed by atoms with E-state index in [2.05, 4.69) is 10.6 Å². The summed E-state index contributed by atoms with van der Waals surface area (Å²) in [4.78, 5) is 25.1. The lowest BCUT2D eigenvalue weighted by atomic mass is 9.69. The number of hydrogen-bond acceptors (Lipinski definition) is 4. The van der Waals surface area contributed by atoms with Gasteiger partial charge in [-0.1, -0.05) is 12.5 Å². The van der Waals surface area contributed by atoms with Crippen LogP contribution in [0.3, 0.4) is 0 Å². The summed E-state index contributed by atoms with van der Waals surface area (Å²) in [6.45, 7) is 1.14. The van der Waals surface area contributed by atoms with Gasteiger partial charge >= 0.3 is 12.1 Å². The Hall–Kier alpha value is -3.30. The average Bonchev–Trinajstić information content (AvgIpc) is 2.78. The van der Waals surface area contributed by atoms with Gasteiger partial charge in [0.2, 0.25) is 5.91 Å². The molecule has 176 valence electrons. The maximum absolute atomic E-state index is 14.2. The first kappa shape index (κ1) is 22.9. The summed E-state index contributed by atoms with van der Waals surface area (Å²) < 4.78 is 58.2. The maximum Gasteiger partial charge on any atom is 0.416 e. The van der Waals surface area contributed by atoms with E-state index in [0.29, 0.717) is 43.9 Å². The number of hydrogen-bond donors (Lipinski definition) is 3. The van der Waals surface area contributed by atoms with Gasteiger partial charge in [-0.2, -0.15) is 13.2 Å². The number of fused-ring (bicyclic) bond motifs is 1. The first-order chi connectivity index (χ1) is 15.6. The van der Waals surface area contributed by atoms with Crippen LogP contribution in [0.25, 0.3) is 0 Å². The number of nitrogens with one attached hydrogen (secondary N) is 2. The van der Waals surface area contributed by atoms with Gasteiger partial charge in [0.25, 0.3) is 0 Å². The van der Waals surface area contributed by atoms with Crippen molar-refractivity contribution in [1.29, 1.82) is 0 Å². The zero-order valence-electron chi connectivity index (χ0n) is 17.4. The van der Waals surface area contributed by atoms with Crippen LogP contribution < -0.4 is 15.4 Å². The number of carbonyl (C=O) groups excluding carboxylic acids is 1. The van der Waals surface area contributed by atoms with Crippen LogP contribution in [-0.2, 0) is 15.8 Å². The van der Waals surface area contributed by atoms with Crippen LogP contribution in [0.4, 0.5) is 28.9 Å². The van der Waals surface area contributed by atoms with Crippen molar-refractivity contribution in [2.75, 3.05) is 23.8 Å². The number of aliphatic carboxylic acids is 1. The minimum absolute atomic E-state index is 0.268. The number of benzene rings is 2. The smallest absolute Gasteiger partial charge is 0.416 e. The molecule has 0 radical (unpaired) electrons. The lowest BCUT2D eigenvalue weighted by molar-refractivity contribution is -0.148. The highest BCUT2D eigenvalue weighted by Gasteiger charge is 2.43. The SMILES string of the molecule is O=C(O)[C@@H]1[C@@H](c2ccc3c(c2)OCCN3)CCC[C@H]1C(=O)Nc1ccc(C(F)(F)F)cc1F. The molecule has 1 amide bonds. The summed E-state index contributed by atoms with van der Waals surface area (Å²) in [5, 5.41) is 15.4. The van der Waals surface area contributed by atoms with Gasteiger partial charge < -0.3 is 20.5 Å². The number of anilines is 2. The van der Waals surface area contributed by atoms with Crippen molar-refractivity contribution in [3.05, 3.63) is 53.3 Å². The molecule has 3 N–H and O–H groups in total. The number of carboxylic acid groups (broad SMARTS) is 1. The fraction of sp³-hybridized carbons (Fsp3) is 0.391. The number of halogens is 4. The van der Waals surface area contributed by atoms with Crippen molar-refractivity contribution in [1.82, 2.24) is 0 Å². The number of carbonyl (C=O) groups is 2. The molecule has 0 saturated heterocycles. The summed E-state index contributed by atoms with van der Waals surface area (Å²) in [5.41, 5.74) is -0.0707. The van der Waals surface area contributed by atoms with E-state index in [1.165, 1.54) is 0 Å². The van der Waals surface area contributed by atoms with Crippen molar-refractivity contribution in [3.8, 4) is 5.75 Å². The average molecular weight is 466 g/mol. The minimum Gasteiger partial charge on any atom is -0.490 e. The van der Waals surface area contributed by atoms with Crippen LogP contribution in [0.1, 0.15) is 36.3 Å². The van der Waals surface area contributed by atoms with Crippen LogP contribution in [-0.4, -0.2) is 30.1 Å². The normalized spacial score (nSPS) is 22.5. The molecule has 6 nitrogen and oxygen atoms in total. The Morgan fingerprint density at radius 3 is 2.61 bits per heavy atom. The quantitative estimate of drug-likeness (QED) is 0.560. The molecule has 2 aromatic rings. The largest absolute Gasteiger partial charge is 0.490 e. The molecule has 1 fully saturated rings. The number of carboxylic acids is 1. The van der Waals surface area contributed by atoms with Gasteiger partial charge in [0.05, 0.1) is 28.8 Å². The van der Waals surface area contributed by atoms with Crippen LogP contribution in [0.2, 0.25) is 0 Å². The fourth-order valence-corrected chi connectivity index (χ4v) is 4.61. The molecule has 2 aliphatic rings. The van der Waals surface area contributed by atoms with Gasteiger partial charge in [-0.15, -0.1) is 0 Å². The molecule has 1 heterocycles. The predicted molar refractivity (Wildman–Crippen MR) is 112 cm³/mol. The van der Waals surface area contributed by atoms with E-state index >= 15 is 0 Å². The Balaban J connectivity index is 1.57. The molecule has 1 aliphatic heterocycles. The zero-order chi connectivity index (χ0) is 23.8. The third-order valence-electron chi connectivity index (χ3n) is 6.18. The van der Waals surface area contributed by atoms with Crippen LogP contribution in [0.15, 0.2) is 36.4 Å².